The molecule has 0 N–H and O–H groups in total. The SMILES string of the molecule is Cn1ncc(C=NOCc2ccccc2)c1Oc1ccc(Cl)cc1. The number of halogens is 1. The van der Waals surface area contributed by atoms with Crippen LogP contribution in [0, 0.1) is 0 Å². The Kier molecular flexibility index (Phi) is 5.13. The van der Waals surface area contributed by atoms with Crippen LogP contribution in [0.2, 0.25) is 5.02 Å². The van der Waals surface area contributed by atoms with Crippen molar-refractivity contribution < 1.29 is 9.57 Å². The van der Waals surface area contributed by atoms with Crippen LogP contribution in [-0.2, 0) is 18.5 Å². The molecule has 1 heterocycles. The first-order valence-electron chi connectivity index (χ1n) is 7.37. The highest BCUT2D eigenvalue weighted by molar-refractivity contribution is 6.30. The maximum absolute atomic E-state index is 5.88. The largest absolute Gasteiger partial charge is 0.439 e. The fourth-order valence-corrected chi connectivity index (χ4v) is 2.18. The van der Waals surface area contributed by atoms with E-state index >= 15 is 0 Å². The third-order valence-corrected chi connectivity index (χ3v) is 3.53. The normalized spacial score (nSPS) is 10.9. The van der Waals surface area contributed by atoms with Gasteiger partial charge in [0, 0.05) is 12.1 Å². The number of oxime groups is 1. The summed E-state index contributed by atoms with van der Waals surface area (Å²) < 4.78 is 7.48. The Bertz CT molecular complexity index is 814. The number of hydrogen-bond donors (Lipinski definition) is 0. The predicted octanol–water partition coefficient (Wildman–Crippen LogP) is 4.42. The number of ether oxygens (including phenoxy) is 1. The van der Waals surface area contributed by atoms with Gasteiger partial charge >= 0.3 is 0 Å². The molecule has 0 fully saturated rings. The first-order valence-corrected chi connectivity index (χ1v) is 7.75. The van der Waals surface area contributed by atoms with Gasteiger partial charge < -0.3 is 9.57 Å². The van der Waals surface area contributed by atoms with E-state index in [0.29, 0.717) is 23.3 Å². The summed E-state index contributed by atoms with van der Waals surface area (Å²) in [6, 6.07) is 17.0. The summed E-state index contributed by atoms with van der Waals surface area (Å²) in [6.07, 6.45) is 3.25. The van der Waals surface area contributed by atoms with Crippen LogP contribution in [0.1, 0.15) is 11.1 Å². The van der Waals surface area contributed by atoms with Gasteiger partial charge in [0.15, 0.2) is 0 Å². The highest BCUT2D eigenvalue weighted by Crippen LogP contribution is 2.25. The maximum Gasteiger partial charge on any atom is 0.226 e. The van der Waals surface area contributed by atoms with E-state index in [9.17, 15) is 0 Å². The molecule has 1 aromatic heterocycles. The predicted molar refractivity (Wildman–Crippen MR) is 93.6 cm³/mol. The second-order valence-corrected chi connectivity index (χ2v) is 5.51. The molecule has 0 aliphatic heterocycles. The van der Waals surface area contributed by atoms with E-state index in [4.69, 9.17) is 21.2 Å². The van der Waals surface area contributed by atoms with Gasteiger partial charge in [-0.15, -0.1) is 0 Å². The quantitative estimate of drug-likeness (QED) is 0.492. The number of aromatic nitrogens is 2. The monoisotopic (exact) mass is 341 g/mol. The summed E-state index contributed by atoms with van der Waals surface area (Å²) in [5.74, 6) is 1.24. The van der Waals surface area contributed by atoms with Gasteiger partial charge in [-0.25, -0.2) is 4.68 Å². The molecule has 3 aromatic rings. The number of benzene rings is 2. The van der Waals surface area contributed by atoms with Gasteiger partial charge in [-0.1, -0.05) is 47.1 Å². The third kappa shape index (κ3) is 4.14. The lowest BCUT2D eigenvalue weighted by molar-refractivity contribution is 0.132. The zero-order valence-corrected chi connectivity index (χ0v) is 13.8. The summed E-state index contributed by atoms with van der Waals surface area (Å²) in [5, 5.41) is 8.83. The highest BCUT2D eigenvalue weighted by atomic mass is 35.5. The van der Waals surface area contributed by atoms with Crippen LogP contribution in [0.4, 0.5) is 0 Å². The molecule has 0 spiro atoms. The summed E-state index contributed by atoms with van der Waals surface area (Å²) in [5.41, 5.74) is 1.78. The molecule has 0 amide bonds. The Morgan fingerprint density at radius 2 is 1.88 bits per heavy atom. The van der Waals surface area contributed by atoms with Crippen LogP contribution in [0.5, 0.6) is 11.6 Å². The summed E-state index contributed by atoms with van der Waals surface area (Å²) in [4.78, 5) is 5.31. The molecule has 24 heavy (non-hydrogen) atoms. The van der Waals surface area contributed by atoms with Crippen molar-refractivity contribution in [2.45, 2.75) is 6.61 Å². The fraction of sp³-hybridized carbons (Fsp3) is 0.111. The van der Waals surface area contributed by atoms with Crippen molar-refractivity contribution in [2.24, 2.45) is 12.2 Å². The molecule has 0 aliphatic carbocycles. The van der Waals surface area contributed by atoms with Gasteiger partial charge in [0.1, 0.15) is 12.4 Å². The second kappa shape index (κ2) is 7.66. The van der Waals surface area contributed by atoms with E-state index in [2.05, 4.69) is 10.3 Å². The molecule has 6 heteroatoms. The van der Waals surface area contributed by atoms with Crippen molar-refractivity contribution >= 4 is 17.8 Å². The van der Waals surface area contributed by atoms with Crippen LogP contribution in [0.3, 0.4) is 0 Å². The molecule has 0 unspecified atom stereocenters. The fourth-order valence-electron chi connectivity index (χ4n) is 2.05. The van der Waals surface area contributed by atoms with Crippen LogP contribution in [-0.4, -0.2) is 16.0 Å². The molecular formula is C18H16ClN3O2. The Morgan fingerprint density at radius 1 is 1.12 bits per heavy atom. The maximum atomic E-state index is 5.88. The van der Waals surface area contributed by atoms with Crippen LogP contribution >= 0.6 is 11.6 Å². The van der Waals surface area contributed by atoms with Gasteiger partial charge in [0.25, 0.3) is 0 Å². The molecule has 122 valence electrons. The third-order valence-electron chi connectivity index (χ3n) is 3.28. The van der Waals surface area contributed by atoms with E-state index in [1.807, 2.05) is 30.3 Å². The topological polar surface area (TPSA) is 48.6 Å². The van der Waals surface area contributed by atoms with Gasteiger partial charge in [-0.05, 0) is 29.8 Å². The minimum Gasteiger partial charge on any atom is -0.439 e. The molecule has 0 saturated heterocycles. The molecule has 0 saturated carbocycles. The second-order valence-electron chi connectivity index (χ2n) is 5.08. The summed E-state index contributed by atoms with van der Waals surface area (Å²) in [6.45, 7) is 0.408. The first-order chi connectivity index (χ1) is 11.7. The standard InChI is InChI=1S/C18H16ClN3O2/c1-22-18(24-17-9-7-16(19)8-10-17)15(11-20-22)12-21-23-13-14-5-3-2-4-6-14/h2-12H,13H2,1H3. The average Bonchev–Trinajstić information content (AvgIpc) is 2.95. The van der Waals surface area contributed by atoms with Crippen molar-refractivity contribution in [3.63, 3.8) is 0 Å². The zero-order chi connectivity index (χ0) is 16.8. The molecule has 5 nitrogen and oxygen atoms in total. The van der Waals surface area contributed by atoms with E-state index in [1.165, 1.54) is 0 Å². The molecule has 3 rings (SSSR count). The first kappa shape index (κ1) is 16.1. The minimum absolute atomic E-state index is 0.408. The van der Waals surface area contributed by atoms with Crippen LogP contribution in [0.25, 0.3) is 0 Å². The van der Waals surface area contributed by atoms with E-state index in [1.54, 1.807) is 48.4 Å². The lowest BCUT2D eigenvalue weighted by Crippen LogP contribution is -1.97. The van der Waals surface area contributed by atoms with Crippen molar-refractivity contribution in [1.29, 1.82) is 0 Å². The molecule has 2 aromatic carbocycles. The van der Waals surface area contributed by atoms with E-state index in [-0.39, 0.29) is 0 Å². The van der Waals surface area contributed by atoms with Crippen molar-refractivity contribution in [2.75, 3.05) is 0 Å². The Hall–Kier alpha value is -2.79. The Morgan fingerprint density at radius 3 is 2.62 bits per heavy atom. The van der Waals surface area contributed by atoms with Crippen LogP contribution in [0.15, 0.2) is 65.9 Å². The summed E-state index contributed by atoms with van der Waals surface area (Å²) >= 11 is 5.88. The number of nitrogens with zero attached hydrogens (tertiary/aromatic N) is 3. The van der Waals surface area contributed by atoms with E-state index in [0.717, 1.165) is 11.1 Å². The zero-order valence-electron chi connectivity index (χ0n) is 13.1. The molecule has 0 aliphatic rings. The van der Waals surface area contributed by atoms with E-state index < -0.39 is 0 Å². The lowest BCUT2D eigenvalue weighted by Gasteiger charge is -2.06. The number of aryl methyl sites for hydroxylation is 1. The average molecular weight is 342 g/mol. The highest BCUT2D eigenvalue weighted by Gasteiger charge is 2.09. The lowest BCUT2D eigenvalue weighted by atomic mass is 10.2. The minimum atomic E-state index is 0.408. The Labute approximate surface area is 145 Å². The molecule has 0 bridgehead atoms. The Balaban J connectivity index is 1.65. The van der Waals surface area contributed by atoms with Gasteiger partial charge in [0.2, 0.25) is 5.88 Å². The van der Waals surface area contributed by atoms with Crippen molar-refractivity contribution in [3.8, 4) is 11.6 Å². The van der Waals surface area contributed by atoms with Gasteiger partial charge in [0.05, 0.1) is 18.0 Å². The number of rotatable bonds is 6. The smallest absolute Gasteiger partial charge is 0.226 e. The number of hydrogen-bond acceptors (Lipinski definition) is 4. The van der Waals surface area contributed by atoms with Gasteiger partial charge in [-0.2, -0.15) is 5.10 Å². The van der Waals surface area contributed by atoms with Crippen molar-refractivity contribution in [3.05, 3.63) is 76.9 Å². The molecular weight excluding hydrogens is 326 g/mol. The van der Waals surface area contributed by atoms with Crippen LogP contribution < -0.4 is 4.74 Å². The van der Waals surface area contributed by atoms with Crippen molar-refractivity contribution in [1.82, 2.24) is 9.78 Å². The van der Waals surface area contributed by atoms with Gasteiger partial charge in [-0.3, -0.25) is 0 Å². The molecule has 0 radical (unpaired) electrons. The molecule has 0 atom stereocenters. The summed E-state index contributed by atoms with van der Waals surface area (Å²) in [7, 11) is 1.80.